The number of allylic oxidation sites excluding steroid dienone is 2. The molecule has 2 fully saturated rings. The molecule has 2 saturated carbocycles. The number of hydrogen-bond donors (Lipinski definition) is 2. The van der Waals surface area contributed by atoms with E-state index in [1.807, 2.05) is 0 Å². The predicted molar refractivity (Wildman–Crippen MR) is 214 cm³/mol. The largest absolute Gasteiger partial charge is 1.00 e. The number of rotatable bonds is 31. The van der Waals surface area contributed by atoms with Gasteiger partial charge in [-0.3, -0.25) is 4.79 Å². The van der Waals surface area contributed by atoms with E-state index in [-0.39, 0.29) is 51.7 Å². The number of esters is 1. The summed E-state index contributed by atoms with van der Waals surface area (Å²) in [5.74, 6) is 0.112. The Morgan fingerprint density at radius 3 is 1.94 bits per heavy atom. The normalized spacial score (nSPS) is 22.3. The second-order valence-electron chi connectivity index (χ2n) is 16.8. The van der Waals surface area contributed by atoms with Crippen LogP contribution in [-0.4, -0.2) is 72.0 Å². The maximum absolute atomic E-state index is 12.3. The van der Waals surface area contributed by atoms with Gasteiger partial charge in [-0.1, -0.05) is 134 Å². The molecule has 0 saturated heterocycles. The molecule has 2 aliphatic rings. The fraction of sp³-hybridized carbons (Fsp3) is 0.886. The molecule has 0 heterocycles. The average molecular weight is 803 g/mol. The number of unbranched alkanes of at least 4 members (excludes halogenated alkanes) is 16. The van der Waals surface area contributed by atoms with Crippen LogP contribution in [0.5, 0.6) is 0 Å². The second-order valence-corrected chi connectivity index (χ2v) is 17.4. The van der Waals surface area contributed by atoms with Crippen LogP contribution in [0.4, 0.5) is 0 Å². The number of nitrogens with zero attached hydrogens (tertiary/aromatic N) is 1. The van der Waals surface area contributed by atoms with E-state index in [0.717, 1.165) is 56.1 Å². The number of carbonyl (C=O) groups excluding carboxylic acids is 1. The first-order chi connectivity index (χ1) is 24.1. The Bertz CT molecular complexity index is 917. The molecule has 0 unspecified atom stereocenters. The first-order valence-corrected chi connectivity index (χ1v) is 21.9. The van der Waals surface area contributed by atoms with Gasteiger partial charge in [0.2, 0.25) is 0 Å². The zero-order valence-electron chi connectivity index (χ0n) is 33.6. The quantitative estimate of drug-likeness (QED) is 0.0243. The second kappa shape index (κ2) is 29.0. The molecule has 0 spiro atoms. The SMILES string of the molecule is CCCCCCCCCCCCCCCCCC[N+](C)(C)CCOC(=O)CCC/C=C\C[C@@H]1[C@@H](/C=C/C[C@H](O)C2(CC)CCC2)[C@H](O)C[C@H]1Cl.[Br-]. The van der Waals surface area contributed by atoms with E-state index in [1.165, 1.54) is 109 Å². The van der Waals surface area contributed by atoms with Crippen molar-refractivity contribution >= 4 is 17.6 Å². The molecular formula is C44H81BrClNO4. The number of alkyl halides is 1. The Morgan fingerprint density at radius 2 is 1.41 bits per heavy atom. The molecular weight excluding hydrogens is 722 g/mol. The van der Waals surface area contributed by atoms with Gasteiger partial charge in [-0.15, -0.1) is 11.6 Å². The minimum Gasteiger partial charge on any atom is -1.00 e. The fourth-order valence-electron chi connectivity index (χ4n) is 8.25. The minimum atomic E-state index is -0.430. The molecule has 0 aromatic heterocycles. The highest BCUT2D eigenvalue weighted by molar-refractivity contribution is 6.21. The van der Waals surface area contributed by atoms with Gasteiger partial charge in [0, 0.05) is 17.7 Å². The summed E-state index contributed by atoms with van der Waals surface area (Å²) in [6, 6.07) is 0. The Kier molecular flexibility index (Phi) is 27.6. The number of ether oxygens (including phenoxy) is 1. The maximum Gasteiger partial charge on any atom is 0.306 e. The number of aliphatic hydroxyl groups is 2. The van der Waals surface area contributed by atoms with Gasteiger partial charge in [-0.2, -0.15) is 0 Å². The molecule has 0 aliphatic heterocycles. The molecule has 0 aromatic carbocycles. The van der Waals surface area contributed by atoms with Gasteiger partial charge >= 0.3 is 5.97 Å². The molecule has 51 heavy (non-hydrogen) atoms. The van der Waals surface area contributed by atoms with Gasteiger partial charge in [0.25, 0.3) is 0 Å². The third kappa shape index (κ3) is 20.7. The van der Waals surface area contributed by atoms with Gasteiger partial charge < -0.3 is 36.4 Å². The fourth-order valence-corrected chi connectivity index (χ4v) is 8.70. The van der Waals surface area contributed by atoms with E-state index in [1.54, 1.807) is 0 Å². The van der Waals surface area contributed by atoms with Gasteiger partial charge in [0.1, 0.15) is 13.2 Å². The highest BCUT2D eigenvalue weighted by Crippen LogP contribution is 2.48. The van der Waals surface area contributed by atoms with Crippen LogP contribution in [0.2, 0.25) is 0 Å². The molecule has 2 rings (SSSR count). The molecule has 0 aromatic rings. The van der Waals surface area contributed by atoms with Gasteiger partial charge in [0.05, 0.1) is 32.8 Å². The van der Waals surface area contributed by atoms with Crippen molar-refractivity contribution < 1.29 is 41.2 Å². The Balaban J connectivity index is 0.0000130. The van der Waals surface area contributed by atoms with E-state index >= 15 is 0 Å². The highest BCUT2D eigenvalue weighted by atomic mass is 79.9. The van der Waals surface area contributed by atoms with Crippen molar-refractivity contribution in [1.29, 1.82) is 0 Å². The van der Waals surface area contributed by atoms with E-state index in [2.05, 4.69) is 52.2 Å². The van der Waals surface area contributed by atoms with Crippen LogP contribution >= 0.6 is 11.6 Å². The lowest BCUT2D eigenvalue weighted by Gasteiger charge is -2.45. The summed E-state index contributed by atoms with van der Waals surface area (Å²) in [6.45, 7) is 6.97. The Hall–Kier alpha value is -0.400. The molecule has 5 atom stereocenters. The third-order valence-corrected chi connectivity index (χ3v) is 12.8. The number of hydrogen-bond acceptors (Lipinski definition) is 4. The van der Waals surface area contributed by atoms with Crippen LogP contribution in [0.1, 0.15) is 181 Å². The van der Waals surface area contributed by atoms with E-state index in [9.17, 15) is 15.0 Å². The highest BCUT2D eigenvalue weighted by Gasteiger charge is 2.42. The average Bonchev–Trinajstić information content (AvgIpc) is 3.33. The first kappa shape index (κ1) is 48.6. The van der Waals surface area contributed by atoms with E-state index in [4.69, 9.17) is 16.3 Å². The molecule has 2 N–H and O–H groups in total. The minimum absolute atomic E-state index is 0. The summed E-state index contributed by atoms with van der Waals surface area (Å²) in [5, 5.41) is 21.3. The van der Waals surface area contributed by atoms with Crippen molar-refractivity contribution in [2.24, 2.45) is 17.3 Å². The van der Waals surface area contributed by atoms with Crippen LogP contribution in [0.15, 0.2) is 24.3 Å². The van der Waals surface area contributed by atoms with Crippen LogP contribution in [0, 0.1) is 17.3 Å². The van der Waals surface area contributed by atoms with Crippen molar-refractivity contribution in [3.05, 3.63) is 24.3 Å². The summed E-state index contributed by atoms with van der Waals surface area (Å²) >= 11 is 6.65. The summed E-state index contributed by atoms with van der Waals surface area (Å²) in [7, 11) is 4.50. The van der Waals surface area contributed by atoms with Crippen LogP contribution in [0.3, 0.4) is 0 Å². The smallest absolute Gasteiger partial charge is 0.306 e. The van der Waals surface area contributed by atoms with E-state index < -0.39 is 6.10 Å². The van der Waals surface area contributed by atoms with E-state index in [0.29, 0.717) is 25.9 Å². The number of carbonyl (C=O) groups is 1. The molecule has 0 radical (unpaired) electrons. The first-order valence-electron chi connectivity index (χ1n) is 21.4. The summed E-state index contributed by atoms with van der Waals surface area (Å²) in [4.78, 5) is 12.3. The topological polar surface area (TPSA) is 66.8 Å². The summed E-state index contributed by atoms with van der Waals surface area (Å²) in [5.41, 5.74) is 0.100. The van der Waals surface area contributed by atoms with Crippen molar-refractivity contribution in [1.82, 2.24) is 0 Å². The number of likely N-dealkylation sites (N-methyl/N-ethyl adjacent to an activating group) is 1. The Morgan fingerprint density at radius 1 is 0.843 bits per heavy atom. The van der Waals surface area contributed by atoms with Gasteiger partial charge in [-0.05, 0) is 75.5 Å². The van der Waals surface area contributed by atoms with Crippen molar-refractivity contribution in [2.45, 2.75) is 198 Å². The summed E-state index contributed by atoms with van der Waals surface area (Å²) in [6.07, 6.45) is 38.7. The third-order valence-electron chi connectivity index (χ3n) is 12.3. The zero-order chi connectivity index (χ0) is 36.5. The van der Waals surface area contributed by atoms with Crippen LogP contribution < -0.4 is 17.0 Å². The van der Waals surface area contributed by atoms with Crippen molar-refractivity contribution in [3.8, 4) is 0 Å². The van der Waals surface area contributed by atoms with Crippen LogP contribution in [-0.2, 0) is 9.53 Å². The van der Waals surface area contributed by atoms with Gasteiger partial charge in [0.15, 0.2) is 0 Å². The number of halogens is 2. The number of aliphatic hydroxyl groups excluding tert-OH is 2. The van der Waals surface area contributed by atoms with Crippen molar-refractivity contribution in [2.75, 3.05) is 33.8 Å². The monoisotopic (exact) mass is 802 g/mol. The molecule has 0 amide bonds. The molecule has 7 heteroatoms. The number of quaternary nitrogens is 1. The molecule has 0 bridgehead atoms. The Labute approximate surface area is 331 Å². The molecule has 5 nitrogen and oxygen atoms in total. The standard InChI is InChI=1S/C44H81ClNO4.BrH/c1-5-7-8-9-10-11-12-13-14-15-16-17-18-19-22-25-34-46(3,4)35-36-50-43(49)31-24-21-20-23-28-38-39(41(47)37-40(38)45)29-26-30-42(48)44(6-2)32-27-33-44;/h20,23,26,29,38-42,47-48H,5-19,21-22,24-25,27-28,30-37H2,1-4H3;1H/q+1;/p-1/b23-20-,29-26+;/t38-,39-,40-,41-,42+;/m1./s1. The molecule has 2 aliphatic carbocycles. The van der Waals surface area contributed by atoms with Crippen molar-refractivity contribution in [3.63, 3.8) is 0 Å². The zero-order valence-corrected chi connectivity index (χ0v) is 36.0. The lowest BCUT2D eigenvalue weighted by molar-refractivity contribution is -0.890. The van der Waals surface area contributed by atoms with Gasteiger partial charge in [-0.25, -0.2) is 0 Å². The maximum atomic E-state index is 12.3. The molecule has 300 valence electrons. The lowest BCUT2D eigenvalue weighted by Crippen LogP contribution is -3.00. The predicted octanol–water partition coefficient (Wildman–Crippen LogP) is 8.48. The summed E-state index contributed by atoms with van der Waals surface area (Å²) < 4.78 is 6.49. The lowest BCUT2D eigenvalue weighted by atomic mass is 9.63. The van der Waals surface area contributed by atoms with Crippen LogP contribution in [0.25, 0.3) is 0 Å².